The van der Waals surface area contributed by atoms with Crippen LogP contribution in [-0.4, -0.2) is 24.6 Å². The molecule has 3 rings (SSSR count). The van der Waals surface area contributed by atoms with Gasteiger partial charge in [-0.2, -0.15) is 0 Å². The molecule has 170 valence electrons. The summed E-state index contributed by atoms with van der Waals surface area (Å²) < 4.78 is 10.7. The van der Waals surface area contributed by atoms with Gasteiger partial charge in [0.2, 0.25) is 5.91 Å². The van der Waals surface area contributed by atoms with Crippen LogP contribution >= 0.6 is 15.9 Å². The van der Waals surface area contributed by atoms with E-state index in [9.17, 15) is 14.4 Å². The zero-order chi connectivity index (χ0) is 23.6. The summed E-state index contributed by atoms with van der Waals surface area (Å²) in [5.41, 5.74) is 2.71. The topological polar surface area (TPSA) is 93.7 Å². The number of aryl methyl sites for hydroxylation is 1. The van der Waals surface area contributed by atoms with E-state index in [1.54, 1.807) is 43.3 Å². The standard InChI is InChI=1S/C25H23BrN2O5/c1-2-32-25(31)33-22-13-7-18(8-14-22)24(30)28-21-11-9-20(10-12-21)27-23(29)15-6-17-4-3-5-19(26)16-17/h3-5,7-14,16H,2,6,15H2,1H3,(H,27,29)(H,28,30). The van der Waals surface area contributed by atoms with Crippen LogP contribution in [-0.2, 0) is 16.0 Å². The lowest BCUT2D eigenvalue weighted by atomic mass is 10.1. The van der Waals surface area contributed by atoms with Crippen LogP contribution in [0.25, 0.3) is 0 Å². The Morgan fingerprint density at radius 2 is 1.55 bits per heavy atom. The van der Waals surface area contributed by atoms with Crippen molar-refractivity contribution in [1.82, 2.24) is 0 Å². The average molecular weight is 511 g/mol. The quantitative estimate of drug-likeness (QED) is 0.294. The van der Waals surface area contributed by atoms with Gasteiger partial charge >= 0.3 is 6.16 Å². The molecule has 2 amide bonds. The van der Waals surface area contributed by atoms with Gasteiger partial charge in [0.1, 0.15) is 5.75 Å². The Morgan fingerprint density at radius 1 is 0.879 bits per heavy atom. The Hall–Kier alpha value is -3.65. The highest BCUT2D eigenvalue weighted by Gasteiger charge is 2.09. The fourth-order valence-corrected chi connectivity index (χ4v) is 3.38. The van der Waals surface area contributed by atoms with Gasteiger partial charge in [0.15, 0.2) is 0 Å². The molecule has 0 aliphatic carbocycles. The summed E-state index contributed by atoms with van der Waals surface area (Å²) in [6.45, 7) is 1.90. The normalized spacial score (nSPS) is 10.2. The number of rotatable bonds is 8. The molecule has 3 aromatic rings. The van der Waals surface area contributed by atoms with Gasteiger partial charge in [-0.3, -0.25) is 9.59 Å². The summed E-state index contributed by atoms with van der Waals surface area (Å²) in [5.74, 6) is -0.120. The Kier molecular flexibility index (Phi) is 8.60. The van der Waals surface area contributed by atoms with E-state index in [-0.39, 0.29) is 24.2 Å². The van der Waals surface area contributed by atoms with Crippen LogP contribution in [0.4, 0.5) is 16.2 Å². The molecule has 0 aromatic heterocycles. The van der Waals surface area contributed by atoms with E-state index in [1.807, 2.05) is 24.3 Å². The Labute approximate surface area is 200 Å². The van der Waals surface area contributed by atoms with Gasteiger partial charge < -0.3 is 20.1 Å². The van der Waals surface area contributed by atoms with Gasteiger partial charge in [-0.25, -0.2) is 4.79 Å². The van der Waals surface area contributed by atoms with E-state index < -0.39 is 6.16 Å². The third kappa shape index (κ3) is 7.76. The van der Waals surface area contributed by atoms with Gasteiger partial charge in [-0.1, -0.05) is 28.1 Å². The van der Waals surface area contributed by atoms with Crippen molar-refractivity contribution < 1.29 is 23.9 Å². The maximum atomic E-state index is 12.4. The second-order valence-corrected chi connectivity index (χ2v) is 7.93. The number of carbonyl (C=O) groups is 3. The smallest absolute Gasteiger partial charge is 0.434 e. The molecule has 0 bridgehead atoms. The number of halogens is 1. The molecule has 0 spiro atoms. The van der Waals surface area contributed by atoms with Crippen LogP contribution in [0.5, 0.6) is 5.75 Å². The SMILES string of the molecule is CCOC(=O)Oc1ccc(C(=O)Nc2ccc(NC(=O)CCc3cccc(Br)c3)cc2)cc1. The second kappa shape index (κ2) is 11.8. The Balaban J connectivity index is 1.48. The Morgan fingerprint density at radius 3 is 2.18 bits per heavy atom. The molecule has 8 heteroatoms. The van der Waals surface area contributed by atoms with Crippen molar-refractivity contribution in [3.63, 3.8) is 0 Å². The molecule has 0 saturated heterocycles. The molecule has 33 heavy (non-hydrogen) atoms. The molecule has 0 heterocycles. The highest BCUT2D eigenvalue weighted by Crippen LogP contribution is 2.18. The van der Waals surface area contributed by atoms with Crippen molar-refractivity contribution in [3.8, 4) is 5.75 Å². The number of hydrogen-bond acceptors (Lipinski definition) is 5. The van der Waals surface area contributed by atoms with Crippen LogP contribution in [0, 0.1) is 0 Å². The fraction of sp³-hybridized carbons (Fsp3) is 0.160. The van der Waals surface area contributed by atoms with Crippen molar-refractivity contribution in [1.29, 1.82) is 0 Å². The molecule has 0 atom stereocenters. The van der Waals surface area contributed by atoms with Gasteiger partial charge in [0, 0.05) is 27.8 Å². The van der Waals surface area contributed by atoms with Crippen LogP contribution in [0.1, 0.15) is 29.3 Å². The largest absolute Gasteiger partial charge is 0.513 e. The number of nitrogens with one attached hydrogen (secondary N) is 2. The number of carbonyl (C=O) groups excluding carboxylic acids is 3. The van der Waals surface area contributed by atoms with Gasteiger partial charge in [-0.05, 0) is 79.6 Å². The van der Waals surface area contributed by atoms with E-state index in [1.165, 1.54) is 12.1 Å². The van der Waals surface area contributed by atoms with Crippen molar-refractivity contribution in [2.24, 2.45) is 0 Å². The molecule has 0 radical (unpaired) electrons. The second-order valence-electron chi connectivity index (χ2n) is 7.02. The first-order chi connectivity index (χ1) is 15.9. The number of amides is 2. The predicted molar refractivity (Wildman–Crippen MR) is 130 cm³/mol. The van der Waals surface area contributed by atoms with Crippen molar-refractivity contribution in [2.75, 3.05) is 17.2 Å². The van der Waals surface area contributed by atoms with Gasteiger partial charge in [-0.15, -0.1) is 0 Å². The zero-order valence-electron chi connectivity index (χ0n) is 18.0. The molecule has 0 saturated carbocycles. The molecule has 3 aromatic carbocycles. The minimum atomic E-state index is -0.796. The van der Waals surface area contributed by atoms with Crippen molar-refractivity contribution >= 4 is 45.3 Å². The van der Waals surface area contributed by atoms with E-state index in [2.05, 4.69) is 26.6 Å². The first kappa shape index (κ1) is 24.0. The average Bonchev–Trinajstić information content (AvgIpc) is 2.80. The van der Waals surface area contributed by atoms with Crippen LogP contribution in [0.2, 0.25) is 0 Å². The maximum Gasteiger partial charge on any atom is 0.513 e. The van der Waals surface area contributed by atoms with Crippen molar-refractivity contribution in [2.45, 2.75) is 19.8 Å². The van der Waals surface area contributed by atoms with E-state index in [4.69, 9.17) is 9.47 Å². The number of ether oxygens (including phenoxy) is 2. The molecular weight excluding hydrogens is 488 g/mol. The van der Waals surface area contributed by atoms with Crippen LogP contribution in [0.3, 0.4) is 0 Å². The molecule has 0 aliphatic heterocycles. The highest BCUT2D eigenvalue weighted by atomic mass is 79.9. The summed E-state index contributed by atoms with van der Waals surface area (Å²) in [7, 11) is 0. The first-order valence-corrected chi connectivity index (χ1v) is 11.1. The van der Waals surface area contributed by atoms with E-state index >= 15 is 0 Å². The van der Waals surface area contributed by atoms with Crippen LogP contribution in [0.15, 0.2) is 77.3 Å². The van der Waals surface area contributed by atoms with E-state index in [0.717, 1.165) is 10.0 Å². The fourth-order valence-electron chi connectivity index (χ4n) is 2.93. The molecule has 7 nitrogen and oxygen atoms in total. The van der Waals surface area contributed by atoms with Crippen molar-refractivity contribution in [3.05, 3.63) is 88.4 Å². The maximum absolute atomic E-state index is 12.4. The summed E-state index contributed by atoms with van der Waals surface area (Å²) >= 11 is 3.43. The van der Waals surface area contributed by atoms with E-state index in [0.29, 0.717) is 29.8 Å². The minimum absolute atomic E-state index is 0.0862. The molecule has 0 unspecified atom stereocenters. The zero-order valence-corrected chi connectivity index (χ0v) is 19.6. The molecule has 0 fully saturated rings. The third-order valence-corrected chi connectivity index (χ3v) is 5.03. The predicted octanol–water partition coefficient (Wildman–Crippen LogP) is 5.81. The first-order valence-electron chi connectivity index (χ1n) is 10.3. The molecule has 2 N–H and O–H groups in total. The lowest BCUT2D eigenvalue weighted by molar-refractivity contribution is -0.116. The van der Waals surface area contributed by atoms with Crippen LogP contribution < -0.4 is 15.4 Å². The summed E-state index contributed by atoms with van der Waals surface area (Å²) in [6.07, 6.45) is 0.212. The molecular formula is C25H23BrN2O5. The molecule has 0 aliphatic rings. The summed E-state index contributed by atoms with van der Waals surface area (Å²) in [6, 6.07) is 20.8. The number of anilines is 2. The highest BCUT2D eigenvalue weighted by molar-refractivity contribution is 9.10. The summed E-state index contributed by atoms with van der Waals surface area (Å²) in [5, 5.41) is 5.64. The lowest BCUT2D eigenvalue weighted by Gasteiger charge is -2.09. The summed E-state index contributed by atoms with van der Waals surface area (Å²) in [4.78, 5) is 36.0. The van der Waals surface area contributed by atoms with Gasteiger partial charge in [0.05, 0.1) is 6.61 Å². The third-order valence-electron chi connectivity index (χ3n) is 4.54. The number of hydrogen-bond donors (Lipinski definition) is 2. The number of benzene rings is 3. The van der Waals surface area contributed by atoms with Gasteiger partial charge in [0.25, 0.3) is 5.91 Å². The Bertz CT molecular complexity index is 1110. The monoisotopic (exact) mass is 510 g/mol. The minimum Gasteiger partial charge on any atom is -0.434 e. The lowest BCUT2D eigenvalue weighted by Crippen LogP contribution is -2.14.